The summed E-state index contributed by atoms with van der Waals surface area (Å²) in [6, 6.07) is 16.2. The lowest BCUT2D eigenvalue weighted by Gasteiger charge is -2.07. The van der Waals surface area contributed by atoms with E-state index in [0.717, 1.165) is 19.5 Å². The first-order valence-electron chi connectivity index (χ1n) is 6.23. The van der Waals surface area contributed by atoms with Gasteiger partial charge in [0.25, 0.3) is 0 Å². The van der Waals surface area contributed by atoms with Crippen LogP contribution in [-0.4, -0.2) is 5.91 Å². The topological polar surface area (TPSA) is 29.1 Å². The summed E-state index contributed by atoms with van der Waals surface area (Å²) in [5.74, 6) is 0.0256. The monoisotopic (exact) mass is 393 g/mol. The molecule has 0 atom stereocenters. The highest BCUT2D eigenvalue weighted by atomic mass is 127. The number of hydrogen-bond acceptors (Lipinski definition) is 2. The van der Waals surface area contributed by atoms with Crippen LogP contribution in [0.4, 0.5) is 5.69 Å². The Morgan fingerprint density at radius 1 is 1.10 bits per heavy atom. The molecule has 20 heavy (non-hydrogen) atoms. The van der Waals surface area contributed by atoms with Gasteiger partial charge in [0.2, 0.25) is 5.91 Å². The smallest absolute Gasteiger partial charge is 0.228 e. The Morgan fingerprint density at radius 2 is 1.90 bits per heavy atom. The fourth-order valence-corrected chi connectivity index (χ4v) is 3.52. The molecule has 3 aromatic rings. The number of carbonyl (C=O) groups is 1. The highest BCUT2D eigenvalue weighted by Crippen LogP contribution is 2.24. The fourth-order valence-electron chi connectivity index (χ4n) is 2.20. The van der Waals surface area contributed by atoms with Gasteiger partial charge in [-0.3, -0.25) is 4.79 Å². The van der Waals surface area contributed by atoms with E-state index in [4.69, 9.17) is 0 Å². The van der Waals surface area contributed by atoms with Crippen LogP contribution < -0.4 is 5.32 Å². The zero-order chi connectivity index (χ0) is 13.9. The lowest BCUT2D eigenvalue weighted by molar-refractivity contribution is -0.115. The molecule has 0 spiro atoms. The molecule has 0 saturated carbocycles. The van der Waals surface area contributed by atoms with Gasteiger partial charge in [-0.15, -0.1) is 11.3 Å². The van der Waals surface area contributed by atoms with Crippen molar-refractivity contribution >= 4 is 56.3 Å². The molecular formula is C16H12INOS. The minimum atomic E-state index is 0.0256. The second-order valence-corrected chi connectivity index (χ2v) is 7.20. The minimum absolute atomic E-state index is 0.0256. The van der Waals surface area contributed by atoms with Crippen LogP contribution >= 0.6 is 33.9 Å². The van der Waals surface area contributed by atoms with E-state index in [1.165, 1.54) is 5.39 Å². The molecule has 0 fully saturated rings. The average Bonchev–Trinajstić information content (AvgIpc) is 2.85. The summed E-state index contributed by atoms with van der Waals surface area (Å²) in [6.45, 7) is 0. The maximum absolute atomic E-state index is 12.2. The molecule has 1 aromatic heterocycles. The van der Waals surface area contributed by atoms with E-state index in [9.17, 15) is 4.79 Å². The molecule has 1 heterocycles. The van der Waals surface area contributed by atoms with Crippen molar-refractivity contribution < 1.29 is 4.79 Å². The summed E-state index contributed by atoms with van der Waals surface area (Å²) in [4.78, 5) is 12.2. The van der Waals surface area contributed by atoms with Gasteiger partial charge < -0.3 is 5.32 Å². The second kappa shape index (κ2) is 5.93. The van der Waals surface area contributed by atoms with E-state index in [-0.39, 0.29) is 5.91 Å². The van der Waals surface area contributed by atoms with Crippen molar-refractivity contribution in [2.75, 3.05) is 5.32 Å². The van der Waals surface area contributed by atoms with Crippen molar-refractivity contribution in [2.24, 2.45) is 0 Å². The molecule has 0 unspecified atom stereocenters. The molecule has 3 rings (SSSR count). The van der Waals surface area contributed by atoms with Crippen molar-refractivity contribution in [3.8, 4) is 0 Å². The van der Waals surface area contributed by atoms with Crippen LogP contribution in [0.25, 0.3) is 10.8 Å². The molecule has 1 N–H and O–H groups in total. The maximum Gasteiger partial charge on any atom is 0.228 e. The molecule has 2 aromatic carbocycles. The Morgan fingerprint density at radius 3 is 2.70 bits per heavy atom. The van der Waals surface area contributed by atoms with Crippen molar-refractivity contribution in [1.29, 1.82) is 0 Å². The SMILES string of the molecule is O=C(Cc1cccc2ccccc12)Nc1ccsc1I. The van der Waals surface area contributed by atoms with Crippen LogP contribution in [0.1, 0.15) is 5.56 Å². The Kier molecular flexibility index (Phi) is 4.03. The zero-order valence-corrected chi connectivity index (χ0v) is 13.6. The first-order valence-corrected chi connectivity index (χ1v) is 8.19. The van der Waals surface area contributed by atoms with Gasteiger partial charge in [0, 0.05) is 0 Å². The fraction of sp³-hybridized carbons (Fsp3) is 0.0625. The molecular weight excluding hydrogens is 381 g/mol. The molecule has 0 aliphatic heterocycles. The lowest BCUT2D eigenvalue weighted by Crippen LogP contribution is -2.14. The molecule has 2 nitrogen and oxygen atoms in total. The van der Waals surface area contributed by atoms with Crippen LogP contribution in [-0.2, 0) is 11.2 Å². The van der Waals surface area contributed by atoms with Crippen LogP contribution in [0.3, 0.4) is 0 Å². The molecule has 0 aliphatic rings. The van der Waals surface area contributed by atoms with Crippen LogP contribution in [0.15, 0.2) is 53.9 Å². The van der Waals surface area contributed by atoms with Crippen molar-refractivity contribution in [3.63, 3.8) is 0 Å². The van der Waals surface area contributed by atoms with Gasteiger partial charge in [0.1, 0.15) is 0 Å². The lowest BCUT2D eigenvalue weighted by atomic mass is 10.0. The summed E-state index contributed by atoms with van der Waals surface area (Å²) < 4.78 is 1.11. The van der Waals surface area contributed by atoms with E-state index >= 15 is 0 Å². The Labute approximate surface area is 135 Å². The summed E-state index contributed by atoms with van der Waals surface area (Å²) in [5.41, 5.74) is 1.96. The summed E-state index contributed by atoms with van der Waals surface area (Å²) in [5, 5.41) is 7.26. The third-order valence-corrected chi connectivity index (χ3v) is 5.17. The van der Waals surface area contributed by atoms with Crippen molar-refractivity contribution in [3.05, 3.63) is 62.4 Å². The molecule has 1 amide bonds. The highest BCUT2D eigenvalue weighted by molar-refractivity contribution is 14.1. The van der Waals surface area contributed by atoms with E-state index in [2.05, 4.69) is 46.1 Å². The molecule has 0 radical (unpaired) electrons. The Balaban J connectivity index is 1.83. The van der Waals surface area contributed by atoms with E-state index < -0.39 is 0 Å². The summed E-state index contributed by atoms with van der Waals surface area (Å²) in [6.07, 6.45) is 0.396. The van der Waals surface area contributed by atoms with Gasteiger partial charge in [-0.1, -0.05) is 42.5 Å². The van der Waals surface area contributed by atoms with Crippen LogP contribution in [0.5, 0.6) is 0 Å². The normalized spacial score (nSPS) is 10.7. The van der Waals surface area contributed by atoms with Gasteiger partial charge in [-0.05, 0) is 50.4 Å². The van der Waals surface area contributed by atoms with Gasteiger partial charge in [-0.25, -0.2) is 0 Å². The Bertz CT molecular complexity index is 761. The number of benzene rings is 2. The highest BCUT2D eigenvalue weighted by Gasteiger charge is 2.09. The van der Waals surface area contributed by atoms with Crippen LogP contribution in [0.2, 0.25) is 0 Å². The first-order chi connectivity index (χ1) is 9.74. The number of nitrogens with one attached hydrogen (secondary N) is 1. The summed E-state index contributed by atoms with van der Waals surface area (Å²) in [7, 11) is 0. The zero-order valence-electron chi connectivity index (χ0n) is 10.6. The molecule has 0 bridgehead atoms. The second-order valence-electron chi connectivity index (χ2n) is 4.47. The predicted octanol–water partition coefficient (Wildman–Crippen LogP) is 4.69. The number of halogens is 1. The minimum Gasteiger partial charge on any atom is -0.324 e. The van der Waals surface area contributed by atoms with E-state index in [1.54, 1.807) is 11.3 Å². The predicted molar refractivity (Wildman–Crippen MR) is 93.3 cm³/mol. The number of rotatable bonds is 3. The number of amides is 1. The Hall–Kier alpha value is -1.40. The number of carbonyl (C=O) groups excluding carboxylic acids is 1. The van der Waals surface area contributed by atoms with E-state index in [0.29, 0.717) is 6.42 Å². The quantitative estimate of drug-likeness (QED) is 0.643. The number of anilines is 1. The largest absolute Gasteiger partial charge is 0.324 e. The third-order valence-electron chi connectivity index (χ3n) is 3.12. The molecule has 4 heteroatoms. The van der Waals surface area contributed by atoms with E-state index in [1.807, 2.05) is 35.7 Å². The number of hydrogen-bond donors (Lipinski definition) is 1. The van der Waals surface area contributed by atoms with Crippen LogP contribution in [0, 0.1) is 2.88 Å². The molecule has 0 saturated heterocycles. The van der Waals surface area contributed by atoms with Gasteiger partial charge >= 0.3 is 0 Å². The maximum atomic E-state index is 12.2. The third kappa shape index (κ3) is 2.86. The molecule has 100 valence electrons. The first kappa shape index (κ1) is 13.6. The van der Waals surface area contributed by atoms with Crippen molar-refractivity contribution in [2.45, 2.75) is 6.42 Å². The van der Waals surface area contributed by atoms with Gasteiger partial charge in [0.05, 0.1) is 15.0 Å². The van der Waals surface area contributed by atoms with Gasteiger partial charge in [-0.2, -0.15) is 0 Å². The van der Waals surface area contributed by atoms with Gasteiger partial charge in [0.15, 0.2) is 0 Å². The number of fused-ring (bicyclic) bond motifs is 1. The molecule has 0 aliphatic carbocycles. The standard InChI is InChI=1S/C16H12INOS/c17-16-14(8-9-20-16)18-15(19)10-12-6-3-5-11-4-1-2-7-13(11)12/h1-9H,10H2,(H,18,19). The van der Waals surface area contributed by atoms with Crippen molar-refractivity contribution in [1.82, 2.24) is 0 Å². The average molecular weight is 393 g/mol. The number of thiophene rings is 1. The summed E-state index contributed by atoms with van der Waals surface area (Å²) >= 11 is 3.87.